The predicted octanol–water partition coefficient (Wildman–Crippen LogP) is 0.306. The van der Waals surface area contributed by atoms with E-state index in [1.807, 2.05) is 6.92 Å². The molecule has 48 valence electrons. The lowest BCUT2D eigenvalue weighted by Crippen LogP contribution is -2.09. The van der Waals surface area contributed by atoms with Crippen LogP contribution in [0.1, 0.15) is 13.3 Å². The Morgan fingerprint density at radius 2 is 2.25 bits per heavy atom. The van der Waals surface area contributed by atoms with Crippen molar-refractivity contribution < 1.29 is 10.2 Å². The zero-order chi connectivity index (χ0) is 6.57. The van der Waals surface area contributed by atoms with E-state index < -0.39 is 6.10 Å². The second kappa shape index (κ2) is 3.64. The molecule has 1 unspecified atom stereocenters. The van der Waals surface area contributed by atoms with Gasteiger partial charge in [0.15, 0.2) is 0 Å². The van der Waals surface area contributed by atoms with Gasteiger partial charge in [-0.05, 0) is 12.0 Å². The summed E-state index contributed by atoms with van der Waals surface area (Å²) in [5.74, 6) is 0. The SMILES string of the molecule is C=C(CO)C(O)CC. The maximum atomic E-state index is 8.87. The van der Waals surface area contributed by atoms with Gasteiger partial charge in [0.25, 0.3) is 0 Å². The molecule has 0 heterocycles. The van der Waals surface area contributed by atoms with Gasteiger partial charge in [0.2, 0.25) is 0 Å². The molecule has 2 nitrogen and oxygen atoms in total. The molecule has 0 spiro atoms. The molecule has 0 amide bonds. The van der Waals surface area contributed by atoms with Gasteiger partial charge < -0.3 is 10.2 Å². The topological polar surface area (TPSA) is 40.5 Å². The van der Waals surface area contributed by atoms with Crippen LogP contribution >= 0.6 is 0 Å². The van der Waals surface area contributed by atoms with Crippen LogP contribution in [0.25, 0.3) is 0 Å². The number of aliphatic hydroxyl groups is 2. The maximum absolute atomic E-state index is 8.87. The van der Waals surface area contributed by atoms with Crippen molar-refractivity contribution in [1.29, 1.82) is 0 Å². The highest BCUT2D eigenvalue weighted by atomic mass is 16.3. The van der Waals surface area contributed by atoms with E-state index in [4.69, 9.17) is 10.2 Å². The molecule has 0 aromatic rings. The molecule has 0 aliphatic rings. The van der Waals surface area contributed by atoms with Gasteiger partial charge in [-0.25, -0.2) is 0 Å². The molecule has 0 radical (unpaired) electrons. The summed E-state index contributed by atoms with van der Waals surface area (Å²) in [6, 6.07) is 0. The molecule has 0 bridgehead atoms. The Hall–Kier alpha value is -0.340. The van der Waals surface area contributed by atoms with E-state index in [1.54, 1.807) is 0 Å². The van der Waals surface area contributed by atoms with Gasteiger partial charge >= 0.3 is 0 Å². The Kier molecular flexibility index (Phi) is 3.48. The molecule has 0 aliphatic carbocycles. The van der Waals surface area contributed by atoms with Crippen molar-refractivity contribution in [2.24, 2.45) is 0 Å². The van der Waals surface area contributed by atoms with Crippen molar-refractivity contribution in [3.63, 3.8) is 0 Å². The third kappa shape index (κ3) is 2.09. The lowest BCUT2D eigenvalue weighted by atomic mass is 10.1. The van der Waals surface area contributed by atoms with Gasteiger partial charge in [0.1, 0.15) is 0 Å². The maximum Gasteiger partial charge on any atom is 0.0766 e. The zero-order valence-electron chi connectivity index (χ0n) is 5.09. The summed E-state index contributed by atoms with van der Waals surface area (Å²) >= 11 is 0. The normalized spacial score (nSPS) is 13.4. The predicted molar refractivity (Wildman–Crippen MR) is 32.5 cm³/mol. The van der Waals surface area contributed by atoms with E-state index in [0.29, 0.717) is 12.0 Å². The Labute approximate surface area is 49.5 Å². The Balaban J connectivity index is 3.46. The van der Waals surface area contributed by atoms with E-state index in [9.17, 15) is 0 Å². The lowest BCUT2D eigenvalue weighted by molar-refractivity contribution is 0.184. The summed E-state index contributed by atoms with van der Waals surface area (Å²) in [4.78, 5) is 0. The third-order valence-electron chi connectivity index (χ3n) is 1.06. The summed E-state index contributed by atoms with van der Waals surface area (Å²) in [5, 5.41) is 17.2. The second-order valence-corrected chi connectivity index (χ2v) is 1.74. The van der Waals surface area contributed by atoms with Gasteiger partial charge in [-0.1, -0.05) is 13.5 Å². The molecule has 0 aromatic carbocycles. The average Bonchev–Trinajstić information content (AvgIpc) is 1.84. The molecule has 2 heteroatoms. The highest BCUT2D eigenvalue weighted by molar-refractivity contribution is 5.00. The zero-order valence-corrected chi connectivity index (χ0v) is 5.09. The summed E-state index contributed by atoms with van der Waals surface area (Å²) < 4.78 is 0. The minimum atomic E-state index is -0.528. The molecular formula is C6H12O2. The van der Waals surface area contributed by atoms with Crippen LogP contribution in [0.15, 0.2) is 12.2 Å². The highest BCUT2D eigenvalue weighted by Crippen LogP contribution is 2.00. The molecule has 1 atom stereocenters. The Morgan fingerprint density at radius 1 is 1.75 bits per heavy atom. The first-order valence-electron chi connectivity index (χ1n) is 2.69. The first kappa shape index (κ1) is 7.66. The van der Waals surface area contributed by atoms with E-state index in [-0.39, 0.29) is 6.61 Å². The second-order valence-electron chi connectivity index (χ2n) is 1.74. The minimum absolute atomic E-state index is 0.116. The van der Waals surface area contributed by atoms with Gasteiger partial charge in [-0.3, -0.25) is 0 Å². The van der Waals surface area contributed by atoms with E-state index in [1.165, 1.54) is 0 Å². The first-order valence-corrected chi connectivity index (χ1v) is 2.69. The van der Waals surface area contributed by atoms with E-state index in [0.717, 1.165) is 0 Å². The largest absolute Gasteiger partial charge is 0.392 e. The third-order valence-corrected chi connectivity index (χ3v) is 1.06. The number of hydrogen-bond acceptors (Lipinski definition) is 2. The van der Waals surface area contributed by atoms with Crippen LogP contribution in [0.2, 0.25) is 0 Å². The van der Waals surface area contributed by atoms with Crippen molar-refractivity contribution in [3.8, 4) is 0 Å². The van der Waals surface area contributed by atoms with Crippen LogP contribution in [-0.4, -0.2) is 22.9 Å². The van der Waals surface area contributed by atoms with Crippen LogP contribution in [0.4, 0.5) is 0 Å². The van der Waals surface area contributed by atoms with Gasteiger partial charge in [-0.2, -0.15) is 0 Å². The van der Waals surface area contributed by atoms with Crippen molar-refractivity contribution in [1.82, 2.24) is 0 Å². The molecule has 0 rings (SSSR count). The summed E-state index contributed by atoms with van der Waals surface area (Å²) in [5.41, 5.74) is 0.493. The first-order chi connectivity index (χ1) is 3.72. The monoisotopic (exact) mass is 116 g/mol. The van der Waals surface area contributed by atoms with Crippen molar-refractivity contribution in [2.75, 3.05) is 6.61 Å². The molecule has 0 saturated heterocycles. The van der Waals surface area contributed by atoms with Gasteiger partial charge in [0.05, 0.1) is 12.7 Å². The van der Waals surface area contributed by atoms with Crippen LogP contribution in [0.3, 0.4) is 0 Å². The molecule has 8 heavy (non-hydrogen) atoms. The number of rotatable bonds is 3. The standard InChI is InChI=1S/C6H12O2/c1-3-6(8)5(2)4-7/h6-8H,2-4H2,1H3. The van der Waals surface area contributed by atoms with Crippen molar-refractivity contribution >= 4 is 0 Å². The summed E-state index contributed by atoms with van der Waals surface area (Å²) in [7, 11) is 0. The molecule has 0 aromatic heterocycles. The van der Waals surface area contributed by atoms with Crippen LogP contribution in [0.5, 0.6) is 0 Å². The lowest BCUT2D eigenvalue weighted by Gasteiger charge is -2.06. The highest BCUT2D eigenvalue weighted by Gasteiger charge is 2.01. The quantitative estimate of drug-likeness (QED) is 0.521. The summed E-state index contributed by atoms with van der Waals surface area (Å²) in [6.45, 7) is 5.17. The Morgan fingerprint density at radius 3 is 2.38 bits per heavy atom. The van der Waals surface area contributed by atoms with Crippen LogP contribution in [-0.2, 0) is 0 Å². The fourth-order valence-corrected chi connectivity index (χ4v) is 0.394. The number of aliphatic hydroxyl groups excluding tert-OH is 2. The number of hydrogen-bond donors (Lipinski definition) is 2. The molecule has 0 saturated carbocycles. The average molecular weight is 116 g/mol. The molecule has 2 N–H and O–H groups in total. The van der Waals surface area contributed by atoms with Crippen LogP contribution in [0, 0.1) is 0 Å². The molecular weight excluding hydrogens is 104 g/mol. The fourth-order valence-electron chi connectivity index (χ4n) is 0.394. The molecule has 0 aliphatic heterocycles. The van der Waals surface area contributed by atoms with Gasteiger partial charge in [0, 0.05) is 0 Å². The van der Waals surface area contributed by atoms with E-state index >= 15 is 0 Å². The minimum Gasteiger partial charge on any atom is -0.392 e. The fraction of sp³-hybridized carbons (Fsp3) is 0.667. The smallest absolute Gasteiger partial charge is 0.0766 e. The van der Waals surface area contributed by atoms with Crippen molar-refractivity contribution in [2.45, 2.75) is 19.4 Å². The van der Waals surface area contributed by atoms with Crippen LogP contribution < -0.4 is 0 Å². The molecule has 0 fully saturated rings. The summed E-state index contributed by atoms with van der Waals surface area (Å²) in [6.07, 6.45) is 0.0966. The Bertz CT molecular complexity index is 78.6. The van der Waals surface area contributed by atoms with Gasteiger partial charge in [-0.15, -0.1) is 0 Å². The van der Waals surface area contributed by atoms with E-state index in [2.05, 4.69) is 6.58 Å². The van der Waals surface area contributed by atoms with Crippen molar-refractivity contribution in [3.05, 3.63) is 12.2 Å².